The molecule has 0 spiro atoms. The van der Waals surface area contributed by atoms with Gasteiger partial charge in [0.15, 0.2) is 11.6 Å². The minimum atomic E-state index is -1.65. The fourth-order valence-corrected chi connectivity index (χ4v) is 4.91. The predicted molar refractivity (Wildman–Crippen MR) is 156 cm³/mol. The summed E-state index contributed by atoms with van der Waals surface area (Å²) in [4.78, 5) is 28.5. The quantitative estimate of drug-likeness (QED) is 0.297. The van der Waals surface area contributed by atoms with E-state index in [1.807, 2.05) is 11.9 Å². The largest absolute Gasteiger partial charge is 0.494 e. The lowest BCUT2D eigenvalue weighted by molar-refractivity contribution is -0.153. The van der Waals surface area contributed by atoms with Gasteiger partial charge in [-0.3, -0.25) is 0 Å². The summed E-state index contributed by atoms with van der Waals surface area (Å²) in [7, 11) is 1.83. The number of hydrogen-bond acceptors (Lipinski definition) is 4. The average Bonchev–Trinajstić information content (AvgIpc) is 3.18. The number of amides is 2. The number of carboxylic acid groups (broad SMARTS) is 1. The van der Waals surface area contributed by atoms with Crippen LogP contribution < -0.4 is 9.47 Å². The van der Waals surface area contributed by atoms with Gasteiger partial charge in [0.2, 0.25) is 5.60 Å². The molecule has 2 atom stereocenters. The van der Waals surface area contributed by atoms with Crippen molar-refractivity contribution >= 4 is 12.0 Å². The third-order valence-electron chi connectivity index (χ3n) is 7.55. The Balaban J connectivity index is 1.28. The van der Waals surface area contributed by atoms with E-state index in [0.717, 1.165) is 5.56 Å². The second-order valence-corrected chi connectivity index (χ2v) is 11.9. The molecule has 0 aliphatic carbocycles. The first-order valence-corrected chi connectivity index (χ1v) is 13.9. The lowest BCUT2D eigenvalue weighted by Crippen LogP contribution is -2.43. The van der Waals surface area contributed by atoms with Crippen molar-refractivity contribution < 1.29 is 28.6 Å². The van der Waals surface area contributed by atoms with Gasteiger partial charge in [0.25, 0.3) is 0 Å². The molecule has 1 aliphatic heterocycles. The molecule has 1 fully saturated rings. The number of rotatable bonds is 11. The lowest BCUT2D eigenvalue weighted by atomic mass is 9.87. The van der Waals surface area contributed by atoms with Crippen LogP contribution in [0.1, 0.15) is 50.8 Å². The highest BCUT2D eigenvalue weighted by molar-refractivity contribution is 5.78. The highest BCUT2D eigenvalue weighted by Gasteiger charge is 2.37. The summed E-state index contributed by atoms with van der Waals surface area (Å²) in [5.41, 5.74) is 1.52. The Morgan fingerprint density at radius 3 is 2.22 bits per heavy atom. The smallest absolute Gasteiger partial charge is 0.348 e. The maximum absolute atomic E-state index is 14.1. The van der Waals surface area contributed by atoms with Crippen molar-refractivity contribution in [3.63, 3.8) is 0 Å². The van der Waals surface area contributed by atoms with Crippen molar-refractivity contribution in [2.75, 3.05) is 20.2 Å². The molecule has 3 aromatic rings. The highest BCUT2D eigenvalue weighted by atomic mass is 19.1. The molecular formula is C33H39FN2O5. The second kappa shape index (κ2) is 12.2. The minimum absolute atomic E-state index is 0.0123. The molecule has 0 radical (unpaired) electrons. The van der Waals surface area contributed by atoms with Crippen LogP contribution >= 0.6 is 0 Å². The number of hydrogen-bond donors (Lipinski definition) is 1. The van der Waals surface area contributed by atoms with E-state index in [1.54, 1.807) is 35.2 Å². The first-order chi connectivity index (χ1) is 19.4. The molecule has 1 heterocycles. The molecule has 2 amide bonds. The molecule has 1 aliphatic rings. The number of ether oxygens (including phenoxy) is 2. The number of para-hydroxylation sites is 1. The van der Waals surface area contributed by atoms with E-state index in [2.05, 4.69) is 45.0 Å². The molecular weight excluding hydrogens is 523 g/mol. The van der Waals surface area contributed by atoms with Gasteiger partial charge in [-0.2, -0.15) is 0 Å². The zero-order chi connectivity index (χ0) is 29.8. The van der Waals surface area contributed by atoms with Crippen molar-refractivity contribution in [2.45, 2.75) is 64.1 Å². The van der Waals surface area contributed by atoms with Crippen LogP contribution in [0.15, 0.2) is 72.8 Å². The van der Waals surface area contributed by atoms with Crippen LogP contribution in [0, 0.1) is 5.82 Å². The number of urea groups is 1. The van der Waals surface area contributed by atoms with Gasteiger partial charge in [-0.05, 0) is 53.3 Å². The standard InChI is InChI=1S/C33H39FN2O5/c1-32(2,3)25-14-10-24(11-15-25)21-36-22-26(35(5)31(36)39)18-19-40-27-16-12-23(13-17-27)20-33(4,30(37)38)41-29-9-7-6-8-28(29)34/h6-17,26H,18-22H2,1-5H3,(H,37,38)/t26-,33-/m0/s1. The first-order valence-electron chi connectivity index (χ1n) is 13.9. The molecule has 0 bridgehead atoms. The molecule has 1 saturated heterocycles. The number of benzene rings is 3. The lowest BCUT2D eigenvalue weighted by Gasteiger charge is -2.26. The van der Waals surface area contributed by atoms with Crippen molar-refractivity contribution in [2.24, 2.45) is 0 Å². The molecule has 4 rings (SSSR count). The van der Waals surface area contributed by atoms with Gasteiger partial charge in [0.1, 0.15) is 5.75 Å². The third-order valence-corrected chi connectivity index (χ3v) is 7.55. The van der Waals surface area contributed by atoms with E-state index in [-0.39, 0.29) is 29.7 Å². The summed E-state index contributed by atoms with van der Waals surface area (Å²) >= 11 is 0. The van der Waals surface area contributed by atoms with Crippen molar-refractivity contribution in [1.29, 1.82) is 0 Å². The van der Waals surface area contributed by atoms with Gasteiger partial charge < -0.3 is 24.4 Å². The number of likely N-dealkylation sites (N-methyl/N-ethyl adjacent to an activating group) is 1. The number of halogens is 1. The van der Waals surface area contributed by atoms with E-state index in [4.69, 9.17) is 9.47 Å². The van der Waals surface area contributed by atoms with E-state index in [0.29, 0.717) is 37.4 Å². The molecule has 3 aromatic carbocycles. The fourth-order valence-electron chi connectivity index (χ4n) is 4.91. The summed E-state index contributed by atoms with van der Waals surface area (Å²) in [6, 6.07) is 21.4. The Labute approximate surface area is 241 Å². The van der Waals surface area contributed by atoms with Crippen LogP contribution in [0.2, 0.25) is 0 Å². The topological polar surface area (TPSA) is 79.3 Å². The monoisotopic (exact) mass is 562 g/mol. The Morgan fingerprint density at radius 1 is 0.976 bits per heavy atom. The molecule has 1 N–H and O–H groups in total. The minimum Gasteiger partial charge on any atom is -0.494 e. The molecule has 41 heavy (non-hydrogen) atoms. The maximum Gasteiger partial charge on any atom is 0.348 e. The molecule has 8 heteroatoms. The first kappa shape index (κ1) is 29.9. The second-order valence-electron chi connectivity index (χ2n) is 11.9. The molecule has 218 valence electrons. The number of carboxylic acids is 1. The molecule has 0 aromatic heterocycles. The van der Waals surface area contributed by atoms with Gasteiger partial charge in [-0.15, -0.1) is 0 Å². The van der Waals surface area contributed by atoms with E-state index < -0.39 is 17.4 Å². The van der Waals surface area contributed by atoms with Gasteiger partial charge in [0.05, 0.1) is 12.6 Å². The number of nitrogens with zero attached hydrogens (tertiary/aromatic N) is 2. The Hall–Kier alpha value is -4.07. The maximum atomic E-state index is 14.1. The Bertz CT molecular complexity index is 1350. The Morgan fingerprint density at radius 2 is 1.61 bits per heavy atom. The summed E-state index contributed by atoms with van der Waals surface area (Å²) in [5.74, 6) is -1.27. The predicted octanol–water partition coefficient (Wildman–Crippen LogP) is 6.29. The summed E-state index contributed by atoms with van der Waals surface area (Å²) in [6.45, 7) is 9.61. The van der Waals surface area contributed by atoms with Gasteiger partial charge in [-0.1, -0.05) is 69.3 Å². The summed E-state index contributed by atoms with van der Waals surface area (Å²) in [6.07, 6.45) is 0.720. The highest BCUT2D eigenvalue weighted by Crippen LogP contribution is 2.27. The fraction of sp³-hybridized carbons (Fsp3) is 0.394. The zero-order valence-corrected chi connectivity index (χ0v) is 24.4. The van der Waals surface area contributed by atoms with Gasteiger partial charge in [-0.25, -0.2) is 14.0 Å². The van der Waals surface area contributed by atoms with Crippen molar-refractivity contribution in [3.8, 4) is 11.5 Å². The van der Waals surface area contributed by atoms with Crippen LogP contribution in [0.4, 0.5) is 9.18 Å². The van der Waals surface area contributed by atoms with E-state index in [1.165, 1.54) is 30.7 Å². The average molecular weight is 563 g/mol. The third kappa shape index (κ3) is 7.37. The number of aliphatic carboxylic acids is 1. The van der Waals surface area contributed by atoms with Crippen LogP contribution in [-0.2, 0) is 23.2 Å². The van der Waals surface area contributed by atoms with Crippen LogP contribution in [0.5, 0.6) is 11.5 Å². The van der Waals surface area contributed by atoms with Crippen LogP contribution in [0.3, 0.4) is 0 Å². The number of carbonyl (C=O) groups is 2. The summed E-state index contributed by atoms with van der Waals surface area (Å²) in [5, 5.41) is 9.80. The van der Waals surface area contributed by atoms with Gasteiger partial charge in [0, 0.05) is 33.0 Å². The van der Waals surface area contributed by atoms with Crippen LogP contribution in [-0.4, -0.2) is 58.7 Å². The normalized spacial score (nSPS) is 16.9. The molecule has 0 saturated carbocycles. The Kier molecular flexibility index (Phi) is 8.90. The van der Waals surface area contributed by atoms with Crippen molar-refractivity contribution in [3.05, 3.63) is 95.3 Å². The number of carbonyl (C=O) groups excluding carboxylic acids is 1. The van der Waals surface area contributed by atoms with Crippen LogP contribution in [0.25, 0.3) is 0 Å². The molecule has 0 unspecified atom stereocenters. The molecule has 7 nitrogen and oxygen atoms in total. The SMILES string of the molecule is CN1C(=O)N(Cc2ccc(C(C)(C)C)cc2)C[C@@H]1CCOc1ccc(C[C@](C)(Oc2ccccc2F)C(=O)O)cc1. The van der Waals surface area contributed by atoms with Gasteiger partial charge >= 0.3 is 12.0 Å². The zero-order valence-electron chi connectivity index (χ0n) is 24.4. The van der Waals surface area contributed by atoms with E-state index >= 15 is 0 Å². The van der Waals surface area contributed by atoms with E-state index in [9.17, 15) is 19.1 Å². The van der Waals surface area contributed by atoms with Crippen molar-refractivity contribution in [1.82, 2.24) is 9.80 Å². The summed E-state index contributed by atoms with van der Waals surface area (Å²) < 4.78 is 25.6.